The largest absolute Gasteiger partial charge is 0.477 e. The predicted octanol–water partition coefficient (Wildman–Crippen LogP) is 1.86. The number of carboxylic acids is 1. The summed E-state index contributed by atoms with van der Waals surface area (Å²) in [5.74, 6) is -1.13. The normalized spacial score (nSPS) is 14.8. The van der Waals surface area contributed by atoms with Gasteiger partial charge in [0.25, 0.3) is 5.56 Å². The fourth-order valence-corrected chi connectivity index (χ4v) is 2.65. The van der Waals surface area contributed by atoms with Crippen LogP contribution in [0.15, 0.2) is 4.79 Å². The monoisotopic (exact) mass is 235 g/mol. The molecular formula is C13H17NO3. The van der Waals surface area contributed by atoms with E-state index in [1.165, 1.54) is 0 Å². The van der Waals surface area contributed by atoms with Gasteiger partial charge in [-0.25, -0.2) is 4.79 Å². The molecule has 0 amide bonds. The summed E-state index contributed by atoms with van der Waals surface area (Å²) < 4.78 is 0. The lowest BCUT2D eigenvalue weighted by Crippen LogP contribution is -2.29. The van der Waals surface area contributed by atoms with Crippen LogP contribution in [0.3, 0.4) is 0 Å². The van der Waals surface area contributed by atoms with E-state index in [2.05, 4.69) is 4.98 Å². The van der Waals surface area contributed by atoms with Crippen LogP contribution in [0, 0.1) is 0 Å². The number of carboxylic acid groups (broad SMARTS) is 1. The highest BCUT2D eigenvalue weighted by atomic mass is 16.4. The van der Waals surface area contributed by atoms with Gasteiger partial charge >= 0.3 is 5.97 Å². The summed E-state index contributed by atoms with van der Waals surface area (Å²) in [5, 5.41) is 9.22. The first-order valence-corrected chi connectivity index (χ1v) is 5.84. The topological polar surface area (TPSA) is 70.2 Å². The van der Waals surface area contributed by atoms with Crippen LogP contribution in [0.5, 0.6) is 0 Å². The Bertz CT molecular complexity index is 535. The van der Waals surface area contributed by atoms with E-state index >= 15 is 0 Å². The molecule has 1 heterocycles. The van der Waals surface area contributed by atoms with Gasteiger partial charge in [-0.1, -0.05) is 20.8 Å². The number of carbonyl (C=O) groups is 1. The van der Waals surface area contributed by atoms with Crippen molar-refractivity contribution in [3.05, 3.63) is 32.7 Å². The molecule has 2 N–H and O–H groups in total. The number of aromatic nitrogens is 1. The Morgan fingerprint density at radius 2 is 1.94 bits per heavy atom. The summed E-state index contributed by atoms with van der Waals surface area (Å²) in [6, 6.07) is 0. The van der Waals surface area contributed by atoms with Gasteiger partial charge in [-0.05, 0) is 35.8 Å². The Balaban J connectivity index is 2.85. The average molecular weight is 235 g/mol. The SMILES string of the molecule is CC(C)(C)c1c2c([nH]c(=O)c1C(=O)O)CCC2. The van der Waals surface area contributed by atoms with Crippen molar-refractivity contribution in [1.82, 2.24) is 4.98 Å². The van der Waals surface area contributed by atoms with Gasteiger partial charge in [-0.15, -0.1) is 0 Å². The van der Waals surface area contributed by atoms with Gasteiger partial charge in [0.1, 0.15) is 5.56 Å². The molecule has 0 saturated heterocycles. The van der Waals surface area contributed by atoms with Crippen LogP contribution >= 0.6 is 0 Å². The number of H-pyrrole nitrogens is 1. The highest BCUT2D eigenvalue weighted by molar-refractivity contribution is 5.90. The van der Waals surface area contributed by atoms with Crippen molar-refractivity contribution in [2.24, 2.45) is 0 Å². The zero-order valence-electron chi connectivity index (χ0n) is 10.4. The van der Waals surface area contributed by atoms with Crippen LogP contribution in [-0.2, 0) is 18.3 Å². The second-order valence-electron chi connectivity index (χ2n) is 5.57. The molecule has 1 aliphatic rings. The number of pyridine rings is 1. The number of rotatable bonds is 1. The third kappa shape index (κ3) is 1.88. The maximum atomic E-state index is 11.9. The van der Waals surface area contributed by atoms with Crippen molar-refractivity contribution in [2.75, 3.05) is 0 Å². The lowest BCUT2D eigenvalue weighted by atomic mass is 9.80. The fraction of sp³-hybridized carbons (Fsp3) is 0.538. The van der Waals surface area contributed by atoms with Crippen molar-refractivity contribution in [3.63, 3.8) is 0 Å². The van der Waals surface area contributed by atoms with Gasteiger partial charge in [-0.2, -0.15) is 0 Å². The molecule has 0 spiro atoms. The van der Waals surface area contributed by atoms with Crippen LogP contribution in [-0.4, -0.2) is 16.1 Å². The third-order valence-electron chi connectivity index (χ3n) is 3.22. The maximum absolute atomic E-state index is 11.9. The van der Waals surface area contributed by atoms with Gasteiger partial charge in [-0.3, -0.25) is 4.79 Å². The highest BCUT2D eigenvalue weighted by Crippen LogP contribution is 2.33. The quantitative estimate of drug-likeness (QED) is 0.780. The van der Waals surface area contributed by atoms with E-state index in [4.69, 9.17) is 0 Å². The van der Waals surface area contributed by atoms with Crippen LogP contribution in [0.2, 0.25) is 0 Å². The number of hydrogen-bond donors (Lipinski definition) is 2. The van der Waals surface area contributed by atoms with E-state index < -0.39 is 11.5 Å². The molecule has 4 heteroatoms. The smallest absolute Gasteiger partial charge is 0.341 e. The molecule has 4 nitrogen and oxygen atoms in total. The third-order valence-corrected chi connectivity index (χ3v) is 3.22. The van der Waals surface area contributed by atoms with Gasteiger partial charge in [0.15, 0.2) is 0 Å². The zero-order valence-corrected chi connectivity index (χ0v) is 10.4. The maximum Gasteiger partial charge on any atom is 0.341 e. The first-order valence-electron chi connectivity index (χ1n) is 5.84. The highest BCUT2D eigenvalue weighted by Gasteiger charge is 2.31. The molecule has 0 bridgehead atoms. The van der Waals surface area contributed by atoms with Crippen molar-refractivity contribution < 1.29 is 9.90 Å². The van der Waals surface area contributed by atoms with E-state index in [-0.39, 0.29) is 11.0 Å². The average Bonchev–Trinajstić information content (AvgIpc) is 2.60. The number of aromatic carboxylic acids is 1. The second kappa shape index (κ2) is 3.72. The lowest BCUT2D eigenvalue weighted by molar-refractivity contribution is 0.0692. The summed E-state index contributed by atoms with van der Waals surface area (Å²) in [7, 11) is 0. The van der Waals surface area contributed by atoms with E-state index in [1.54, 1.807) is 0 Å². The molecule has 0 aliphatic heterocycles. The van der Waals surface area contributed by atoms with Crippen molar-refractivity contribution >= 4 is 5.97 Å². The summed E-state index contributed by atoms with van der Waals surface area (Å²) >= 11 is 0. The Morgan fingerprint density at radius 3 is 2.47 bits per heavy atom. The van der Waals surface area contributed by atoms with Crippen LogP contribution < -0.4 is 5.56 Å². The first-order chi connectivity index (χ1) is 7.82. The molecule has 92 valence electrons. The lowest BCUT2D eigenvalue weighted by Gasteiger charge is -2.24. The molecule has 0 aromatic carbocycles. The number of fused-ring (bicyclic) bond motifs is 1. The standard InChI is InChI=1S/C13H17NO3/c1-13(2,3)10-7-5-4-6-8(7)14-11(15)9(10)12(16)17/h4-6H2,1-3H3,(H,14,15)(H,16,17). The summed E-state index contributed by atoms with van der Waals surface area (Å²) in [4.78, 5) is 25.8. The predicted molar refractivity (Wildman–Crippen MR) is 64.7 cm³/mol. The van der Waals surface area contributed by atoms with E-state index in [0.29, 0.717) is 5.56 Å². The summed E-state index contributed by atoms with van der Waals surface area (Å²) in [5.41, 5.74) is 1.79. The second-order valence-corrected chi connectivity index (χ2v) is 5.57. The molecule has 0 atom stereocenters. The molecule has 1 aromatic heterocycles. The van der Waals surface area contributed by atoms with Crippen LogP contribution in [0.1, 0.15) is 54.4 Å². The summed E-state index contributed by atoms with van der Waals surface area (Å²) in [6.45, 7) is 5.85. The van der Waals surface area contributed by atoms with Gasteiger partial charge in [0, 0.05) is 5.69 Å². The van der Waals surface area contributed by atoms with Crippen LogP contribution in [0.4, 0.5) is 0 Å². The minimum atomic E-state index is -1.13. The van der Waals surface area contributed by atoms with Gasteiger partial charge in [0.05, 0.1) is 0 Å². The summed E-state index contributed by atoms with van der Waals surface area (Å²) in [6.07, 6.45) is 2.68. The number of nitrogens with one attached hydrogen (secondary N) is 1. The number of aryl methyl sites for hydroxylation is 1. The zero-order chi connectivity index (χ0) is 12.8. The minimum absolute atomic E-state index is 0.0850. The Kier molecular flexibility index (Phi) is 2.60. The van der Waals surface area contributed by atoms with Gasteiger partial charge < -0.3 is 10.1 Å². The Morgan fingerprint density at radius 1 is 1.29 bits per heavy atom. The molecule has 0 radical (unpaired) electrons. The fourth-order valence-electron chi connectivity index (χ4n) is 2.65. The molecule has 1 aromatic rings. The Hall–Kier alpha value is -1.58. The molecular weight excluding hydrogens is 218 g/mol. The molecule has 2 rings (SSSR count). The molecule has 1 aliphatic carbocycles. The minimum Gasteiger partial charge on any atom is -0.477 e. The van der Waals surface area contributed by atoms with Crippen molar-refractivity contribution in [3.8, 4) is 0 Å². The van der Waals surface area contributed by atoms with E-state index in [1.807, 2.05) is 20.8 Å². The molecule has 17 heavy (non-hydrogen) atoms. The molecule has 0 saturated carbocycles. The van der Waals surface area contributed by atoms with Gasteiger partial charge in [0.2, 0.25) is 0 Å². The molecule has 0 fully saturated rings. The number of hydrogen-bond acceptors (Lipinski definition) is 2. The van der Waals surface area contributed by atoms with Crippen molar-refractivity contribution in [1.29, 1.82) is 0 Å². The van der Waals surface area contributed by atoms with E-state index in [9.17, 15) is 14.7 Å². The first kappa shape index (κ1) is 11.9. The molecule has 0 unspecified atom stereocenters. The van der Waals surface area contributed by atoms with Crippen LogP contribution in [0.25, 0.3) is 0 Å². The number of aromatic amines is 1. The van der Waals surface area contributed by atoms with E-state index in [0.717, 1.165) is 30.5 Å². The van der Waals surface area contributed by atoms with Crippen molar-refractivity contribution in [2.45, 2.75) is 45.4 Å². The Labute approximate surface area is 99.7 Å².